The SMILES string of the molecule is N/C(=N\O)C(NC(=O)c1ccccc1)C1CCCCC1. The Hall–Kier alpha value is -2.04. The average molecular weight is 275 g/mol. The third kappa shape index (κ3) is 3.50. The van der Waals surface area contributed by atoms with Crippen molar-refractivity contribution in [2.24, 2.45) is 16.8 Å². The third-order valence-electron chi connectivity index (χ3n) is 3.88. The lowest BCUT2D eigenvalue weighted by atomic mass is 9.83. The number of nitrogens with zero attached hydrogens (tertiary/aromatic N) is 1. The lowest BCUT2D eigenvalue weighted by Crippen LogP contribution is -2.49. The fraction of sp³-hybridized carbons (Fsp3) is 0.467. The third-order valence-corrected chi connectivity index (χ3v) is 3.88. The molecule has 1 aromatic rings. The van der Waals surface area contributed by atoms with Gasteiger partial charge in [0.15, 0.2) is 5.84 Å². The molecule has 2 rings (SSSR count). The predicted molar refractivity (Wildman–Crippen MR) is 77.7 cm³/mol. The maximum Gasteiger partial charge on any atom is 0.251 e. The van der Waals surface area contributed by atoms with Gasteiger partial charge in [0.2, 0.25) is 0 Å². The molecule has 0 bridgehead atoms. The van der Waals surface area contributed by atoms with E-state index in [2.05, 4.69) is 10.5 Å². The zero-order chi connectivity index (χ0) is 14.4. The summed E-state index contributed by atoms with van der Waals surface area (Å²) in [4.78, 5) is 12.2. The van der Waals surface area contributed by atoms with Crippen molar-refractivity contribution < 1.29 is 10.0 Å². The first-order valence-electron chi connectivity index (χ1n) is 7.05. The summed E-state index contributed by atoms with van der Waals surface area (Å²) < 4.78 is 0. The van der Waals surface area contributed by atoms with Crippen molar-refractivity contribution in [2.75, 3.05) is 0 Å². The summed E-state index contributed by atoms with van der Waals surface area (Å²) in [7, 11) is 0. The molecule has 1 saturated carbocycles. The van der Waals surface area contributed by atoms with Crippen LogP contribution in [0.5, 0.6) is 0 Å². The number of carbonyl (C=O) groups excluding carboxylic acids is 1. The summed E-state index contributed by atoms with van der Waals surface area (Å²) in [5.41, 5.74) is 6.34. The summed E-state index contributed by atoms with van der Waals surface area (Å²) >= 11 is 0. The van der Waals surface area contributed by atoms with Crippen LogP contribution in [0.3, 0.4) is 0 Å². The molecule has 1 amide bonds. The Labute approximate surface area is 118 Å². The van der Waals surface area contributed by atoms with Gasteiger partial charge >= 0.3 is 0 Å². The van der Waals surface area contributed by atoms with Crippen molar-refractivity contribution in [1.29, 1.82) is 0 Å². The smallest absolute Gasteiger partial charge is 0.251 e. The average Bonchev–Trinajstić information content (AvgIpc) is 2.53. The van der Waals surface area contributed by atoms with E-state index in [4.69, 9.17) is 10.9 Å². The van der Waals surface area contributed by atoms with E-state index in [1.165, 1.54) is 6.42 Å². The second kappa shape index (κ2) is 6.93. The fourth-order valence-electron chi connectivity index (χ4n) is 2.78. The van der Waals surface area contributed by atoms with Gasteiger partial charge in [-0.1, -0.05) is 42.6 Å². The van der Waals surface area contributed by atoms with Gasteiger partial charge in [0.05, 0.1) is 6.04 Å². The molecule has 1 aliphatic rings. The van der Waals surface area contributed by atoms with E-state index in [1.54, 1.807) is 12.1 Å². The standard InChI is InChI=1S/C15H21N3O2/c16-14(18-20)13(11-7-3-1-4-8-11)17-15(19)12-9-5-2-6-10-12/h2,5-6,9-11,13,20H,1,3-4,7-8H2,(H2,16,18)(H,17,19). The molecule has 5 heteroatoms. The molecule has 1 aromatic carbocycles. The maximum atomic E-state index is 12.2. The first-order valence-corrected chi connectivity index (χ1v) is 7.05. The highest BCUT2D eigenvalue weighted by molar-refractivity contribution is 5.98. The largest absolute Gasteiger partial charge is 0.409 e. The Morgan fingerprint density at radius 1 is 1.25 bits per heavy atom. The highest BCUT2D eigenvalue weighted by Gasteiger charge is 2.28. The van der Waals surface area contributed by atoms with Crippen molar-refractivity contribution in [3.05, 3.63) is 35.9 Å². The summed E-state index contributed by atoms with van der Waals surface area (Å²) in [5.74, 6) is 0.140. The lowest BCUT2D eigenvalue weighted by Gasteiger charge is -2.30. The predicted octanol–water partition coefficient (Wildman–Crippen LogP) is 2.11. The second-order valence-electron chi connectivity index (χ2n) is 5.24. The Kier molecular flexibility index (Phi) is 4.98. The van der Waals surface area contributed by atoms with Crippen molar-refractivity contribution >= 4 is 11.7 Å². The van der Waals surface area contributed by atoms with Crippen molar-refractivity contribution in [2.45, 2.75) is 38.1 Å². The van der Waals surface area contributed by atoms with Crippen LogP contribution in [-0.2, 0) is 0 Å². The van der Waals surface area contributed by atoms with Gasteiger partial charge in [-0.25, -0.2) is 0 Å². The minimum Gasteiger partial charge on any atom is -0.409 e. The number of rotatable bonds is 4. The number of hydrogen-bond donors (Lipinski definition) is 3. The maximum absolute atomic E-state index is 12.2. The number of nitrogens with one attached hydrogen (secondary N) is 1. The van der Waals surface area contributed by atoms with Crippen LogP contribution in [-0.4, -0.2) is 23.0 Å². The Morgan fingerprint density at radius 3 is 2.50 bits per heavy atom. The van der Waals surface area contributed by atoms with Gasteiger partial charge in [-0.2, -0.15) is 0 Å². The monoisotopic (exact) mass is 275 g/mol. The molecule has 1 atom stereocenters. The van der Waals surface area contributed by atoms with Crippen LogP contribution >= 0.6 is 0 Å². The molecule has 5 nitrogen and oxygen atoms in total. The topological polar surface area (TPSA) is 87.7 Å². The van der Waals surface area contributed by atoms with Crippen molar-refractivity contribution in [1.82, 2.24) is 5.32 Å². The molecule has 1 fully saturated rings. The van der Waals surface area contributed by atoms with Crippen LogP contribution in [0.4, 0.5) is 0 Å². The normalized spacial score (nSPS) is 18.5. The fourth-order valence-corrected chi connectivity index (χ4v) is 2.78. The highest BCUT2D eigenvalue weighted by Crippen LogP contribution is 2.26. The van der Waals surface area contributed by atoms with E-state index in [1.807, 2.05) is 18.2 Å². The van der Waals surface area contributed by atoms with Crippen molar-refractivity contribution in [3.63, 3.8) is 0 Å². The number of nitrogens with two attached hydrogens (primary N) is 1. The van der Waals surface area contributed by atoms with E-state index in [0.717, 1.165) is 25.7 Å². The quantitative estimate of drug-likeness (QED) is 0.340. The van der Waals surface area contributed by atoms with Gasteiger partial charge in [-0.3, -0.25) is 4.79 Å². The minimum absolute atomic E-state index is 0.0844. The second-order valence-corrected chi connectivity index (χ2v) is 5.24. The van der Waals surface area contributed by atoms with Crippen molar-refractivity contribution in [3.8, 4) is 0 Å². The molecule has 0 spiro atoms. The van der Waals surface area contributed by atoms with Crippen LogP contribution in [0.2, 0.25) is 0 Å². The number of carbonyl (C=O) groups is 1. The number of oxime groups is 1. The van der Waals surface area contributed by atoms with Gasteiger partial charge in [-0.05, 0) is 30.9 Å². The molecular formula is C15H21N3O2. The van der Waals surface area contributed by atoms with Crippen LogP contribution in [0.25, 0.3) is 0 Å². The lowest BCUT2D eigenvalue weighted by molar-refractivity contribution is 0.0930. The molecule has 4 N–H and O–H groups in total. The Bertz CT molecular complexity index is 467. The van der Waals surface area contributed by atoms with Crippen LogP contribution in [0.15, 0.2) is 35.5 Å². The molecule has 1 unspecified atom stereocenters. The van der Waals surface area contributed by atoms with Crippen LogP contribution < -0.4 is 11.1 Å². The van der Waals surface area contributed by atoms with E-state index in [-0.39, 0.29) is 17.7 Å². The summed E-state index contributed by atoms with van der Waals surface area (Å²) in [6.07, 6.45) is 5.46. The van der Waals surface area contributed by atoms with Crippen LogP contribution in [0, 0.1) is 5.92 Å². The first kappa shape index (κ1) is 14.4. The van der Waals surface area contributed by atoms with E-state index >= 15 is 0 Å². The Balaban J connectivity index is 2.09. The van der Waals surface area contributed by atoms with Gasteiger partial charge in [0, 0.05) is 5.56 Å². The zero-order valence-corrected chi connectivity index (χ0v) is 11.5. The molecule has 0 aromatic heterocycles. The Morgan fingerprint density at radius 2 is 1.90 bits per heavy atom. The van der Waals surface area contributed by atoms with Gasteiger partial charge in [0.1, 0.15) is 0 Å². The van der Waals surface area contributed by atoms with Gasteiger partial charge in [-0.15, -0.1) is 0 Å². The summed E-state index contributed by atoms with van der Waals surface area (Å²) in [6.45, 7) is 0. The van der Waals surface area contributed by atoms with Gasteiger partial charge < -0.3 is 16.3 Å². The van der Waals surface area contributed by atoms with E-state index in [9.17, 15) is 4.79 Å². The summed E-state index contributed by atoms with van der Waals surface area (Å²) in [5, 5.41) is 14.9. The number of hydrogen-bond acceptors (Lipinski definition) is 3. The van der Waals surface area contributed by atoms with Crippen LogP contribution in [0.1, 0.15) is 42.5 Å². The first-order chi connectivity index (χ1) is 9.72. The van der Waals surface area contributed by atoms with Gasteiger partial charge in [0.25, 0.3) is 5.91 Å². The van der Waals surface area contributed by atoms with E-state index < -0.39 is 6.04 Å². The van der Waals surface area contributed by atoms with E-state index in [0.29, 0.717) is 5.56 Å². The minimum atomic E-state index is -0.395. The molecule has 0 aliphatic heterocycles. The molecule has 20 heavy (non-hydrogen) atoms. The molecule has 0 heterocycles. The molecular weight excluding hydrogens is 254 g/mol. The molecule has 1 aliphatic carbocycles. The highest BCUT2D eigenvalue weighted by atomic mass is 16.4. The number of amidine groups is 1. The molecule has 0 saturated heterocycles. The summed E-state index contributed by atoms with van der Waals surface area (Å²) in [6, 6.07) is 8.59. The molecule has 0 radical (unpaired) electrons. The molecule has 108 valence electrons. The number of benzene rings is 1. The zero-order valence-electron chi connectivity index (χ0n) is 11.5. The number of amides is 1.